The van der Waals surface area contributed by atoms with Crippen molar-refractivity contribution in [3.05, 3.63) is 23.2 Å². The molecule has 0 unspecified atom stereocenters. The lowest BCUT2D eigenvalue weighted by atomic mass is 10.3. The van der Waals surface area contributed by atoms with Crippen LogP contribution >= 0.6 is 23.4 Å². The smallest absolute Gasteiger partial charge is 0.211 e. The van der Waals surface area contributed by atoms with Gasteiger partial charge in [0.05, 0.1) is 10.7 Å². The summed E-state index contributed by atoms with van der Waals surface area (Å²) in [6, 6.07) is 5.20. The maximum Gasteiger partial charge on any atom is 0.240 e. The first kappa shape index (κ1) is 10.3. The SMILES string of the molecule is CCSc1cc(N=C=O)ccc1Cl. The van der Waals surface area contributed by atoms with Gasteiger partial charge in [-0.15, -0.1) is 11.8 Å². The Morgan fingerprint density at radius 2 is 2.38 bits per heavy atom. The first-order valence-corrected chi connectivity index (χ1v) is 5.14. The van der Waals surface area contributed by atoms with Crippen molar-refractivity contribution >= 4 is 35.1 Å². The van der Waals surface area contributed by atoms with Crippen LogP contribution in [0.15, 0.2) is 28.1 Å². The van der Waals surface area contributed by atoms with Gasteiger partial charge in [-0.3, -0.25) is 0 Å². The summed E-state index contributed by atoms with van der Waals surface area (Å²) in [7, 11) is 0. The Morgan fingerprint density at radius 3 is 3.00 bits per heavy atom. The summed E-state index contributed by atoms with van der Waals surface area (Å²) in [5.74, 6) is 0.938. The van der Waals surface area contributed by atoms with Gasteiger partial charge in [0.25, 0.3) is 0 Å². The van der Waals surface area contributed by atoms with Crippen LogP contribution in [0.25, 0.3) is 0 Å². The highest BCUT2D eigenvalue weighted by molar-refractivity contribution is 7.99. The number of carbonyl (C=O) groups excluding carboxylic acids is 1. The molecule has 0 aliphatic carbocycles. The van der Waals surface area contributed by atoms with E-state index in [1.807, 2.05) is 6.92 Å². The van der Waals surface area contributed by atoms with E-state index < -0.39 is 0 Å². The minimum Gasteiger partial charge on any atom is -0.211 e. The summed E-state index contributed by atoms with van der Waals surface area (Å²) in [6.07, 6.45) is 1.50. The first-order valence-electron chi connectivity index (χ1n) is 3.78. The summed E-state index contributed by atoms with van der Waals surface area (Å²) in [5.41, 5.74) is 0.593. The van der Waals surface area contributed by atoms with E-state index in [9.17, 15) is 4.79 Å². The molecule has 1 rings (SSSR count). The van der Waals surface area contributed by atoms with Gasteiger partial charge in [0.15, 0.2) is 0 Å². The Kier molecular flexibility index (Phi) is 4.03. The number of aliphatic imine (C=N–C) groups is 1. The topological polar surface area (TPSA) is 29.4 Å². The van der Waals surface area contributed by atoms with Crippen LogP contribution in [0.4, 0.5) is 5.69 Å². The Bertz CT molecular complexity index is 347. The van der Waals surface area contributed by atoms with Crippen molar-refractivity contribution in [2.75, 3.05) is 5.75 Å². The molecule has 0 spiro atoms. The summed E-state index contributed by atoms with van der Waals surface area (Å²) in [5, 5.41) is 0.691. The normalized spacial score (nSPS) is 9.38. The molecular formula is C9H8ClNOS. The van der Waals surface area contributed by atoms with Crippen LogP contribution in [-0.4, -0.2) is 11.8 Å². The van der Waals surface area contributed by atoms with Crippen molar-refractivity contribution < 1.29 is 4.79 Å². The minimum absolute atomic E-state index is 0.593. The van der Waals surface area contributed by atoms with Crippen molar-refractivity contribution in [3.63, 3.8) is 0 Å². The van der Waals surface area contributed by atoms with Gasteiger partial charge in [0.2, 0.25) is 6.08 Å². The Labute approximate surface area is 86.0 Å². The van der Waals surface area contributed by atoms with Gasteiger partial charge >= 0.3 is 0 Å². The molecule has 0 N–H and O–H groups in total. The van der Waals surface area contributed by atoms with Crippen LogP contribution in [0, 0.1) is 0 Å². The number of hydrogen-bond donors (Lipinski definition) is 0. The monoisotopic (exact) mass is 213 g/mol. The molecule has 0 aliphatic heterocycles. The minimum atomic E-state index is 0.593. The Hall–Kier alpha value is -0.760. The van der Waals surface area contributed by atoms with Gasteiger partial charge in [-0.1, -0.05) is 18.5 Å². The molecule has 4 heteroatoms. The fourth-order valence-electron chi connectivity index (χ4n) is 0.880. The van der Waals surface area contributed by atoms with Crippen molar-refractivity contribution in [3.8, 4) is 0 Å². The van der Waals surface area contributed by atoms with E-state index >= 15 is 0 Å². The van der Waals surface area contributed by atoms with Crippen molar-refractivity contribution in [1.29, 1.82) is 0 Å². The molecular weight excluding hydrogens is 206 g/mol. The number of benzene rings is 1. The zero-order valence-electron chi connectivity index (χ0n) is 7.08. The highest BCUT2D eigenvalue weighted by atomic mass is 35.5. The molecule has 0 saturated carbocycles. The third-order valence-electron chi connectivity index (χ3n) is 1.39. The average molecular weight is 214 g/mol. The average Bonchev–Trinajstić information content (AvgIpc) is 2.12. The van der Waals surface area contributed by atoms with Gasteiger partial charge in [0.1, 0.15) is 0 Å². The van der Waals surface area contributed by atoms with Crippen LogP contribution in [0.3, 0.4) is 0 Å². The van der Waals surface area contributed by atoms with Gasteiger partial charge in [-0.05, 0) is 24.0 Å². The van der Waals surface area contributed by atoms with E-state index in [0.29, 0.717) is 10.7 Å². The Balaban J connectivity index is 3.03. The fraction of sp³-hybridized carbons (Fsp3) is 0.222. The quantitative estimate of drug-likeness (QED) is 0.438. The summed E-state index contributed by atoms with van der Waals surface area (Å²) >= 11 is 7.53. The molecule has 1 aromatic carbocycles. The number of thioether (sulfide) groups is 1. The standard InChI is InChI=1S/C9H8ClNOS/c1-2-13-9-5-7(11-6-12)3-4-8(9)10/h3-5H,2H2,1H3. The highest BCUT2D eigenvalue weighted by Crippen LogP contribution is 2.30. The Morgan fingerprint density at radius 1 is 1.62 bits per heavy atom. The first-order chi connectivity index (χ1) is 6.27. The zero-order chi connectivity index (χ0) is 9.68. The maximum absolute atomic E-state index is 10.00. The van der Waals surface area contributed by atoms with E-state index in [2.05, 4.69) is 4.99 Å². The number of hydrogen-bond acceptors (Lipinski definition) is 3. The van der Waals surface area contributed by atoms with Crippen LogP contribution < -0.4 is 0 Å². The van der Waals surface area contributed by atoms with Gasteiger partial charge in [0, 0.05) is 4.90 Å². The van der Waals surface area contributed by atoms with E-state index in [-0.39, 0.29) is 0 Å². The molecule has 0 radical (unpaired) electrons. The molecule has 0 heterocycles. The molecule has 0 saturated heterocycles. The molecule has 0 fully saturated rings. The van der Waals surface area contributed by atoms with Gasteiger partial charge in [-0.2, -0.15) is 4.99 Å². The van der Waals surface area contributed by atoms with Crippen LogP contribution in [0.5, 0.6) is 0 Å². The summed E-state index contributed by atoms with van der Waals surface area (Å²) < 4.78 is 0. The molecule has 68 valence electrons. The van der Waals surface area contributed by atoms with Crippen molar-refractivity contribution in [2.24, 2.45) is 4.99 Å². The lowest BCUT2D eigenvalue weighted by Crippen LogP contribution is -1.75. The molecule has 13 heavy (non-hydrogen) atoms. The van der Waals surface area contributed by atoms with Crippen molar-refractivity contribution in [2.45, 2.75) is 11.8 Å². The lowest BCUT2D eigenvalue weighted by Gasteiger charge is -2.01. The van der Waals surface area contributed by atoms with E-state index in [0.717, 1.165) is 10.6 Å². The van der Waals surface area contributed by atoms with Crippen LogP contribution in [-0.2, 0) is 4.79 Å². The van der Waals surface area contributed by atoms with Crippen LogP contribution in [0.1, 0.15) is 6.92 Å². The van der Waals surface area contributed by atoms with Gasteiger partial charge < -0.3 is 0 Å². The second kappa shape index (κ2) is 5.07. The molecule has 2 nitrogen and oxygen atoms in total. The predicted octanol–water partition coefficient (Wildman–Crippen LogP) is 3.42. The fourth-order valence-corrected chi connectivity index (χ4v) is 1.88. The van der Waals surface area contributed by atoms with E-state index in [1.54, 1.807) is 30.0 Å². The molecule has 0 bridgehead atoms. The highest BCUT2D eigenvalue weighted by Gasteiger charge is 2.00. The lowest BCUT2D eigenvalue weighted by molar-refractivity contribution is 0.565. The predicted molar refractivity (Wildman–Crippen MR) is 55.6 cm³/mol. The van der Waals surface area contributed by atoms with E-state index in [4.69, 9.17) is 11.6 Å². The third kappa shape index (κ3) is 2.88. The molecule has 0 amide bonds. The third-order valence-corrected chi connectivity index (χ3v) is 2.77. The second-order valence-electron chi connectivity index (χ2n) is 2.25. The number of isocyanates is 1. The summed E-state index contributed by atoms with van der Waals surface area (Å²) in [4.78, 5) is 14.5. The number of rotatable bonds is 3. The molecule has 0 aliphatic rings. The van der Waals surface area contributed by atoms with E-state index in [1.165, 1.54) is 6.08 Å². The molecule has 0 aromatic heterocycles. The van der Waals surface area contributed by atoms with Crippen LogP contribution in [0.2, 0.25) is 5.02 Å². The molecule has 1 aromatic rings. The van der Waals surface area contributed by atoms with Gasteiger partial charge in [-0.25, -0.2) is 4.79 Å². The number of nitrogens with zero attached hydrogens (tertiary/aromatic N) is 1. The second-order valence-corrected chi connectivity index (χ2v) is 3.96. The summed E-state index contributed by atoms with van der Waals surface area (Å²) in [6.45, 7) is 2.04. The molecule has 0 atom stereocenters. The van der Waals surface area contributed by atoms with Crippen molar-refractivity contribution in [1.82, 2.24) is 0 Å². The number of halogens is 1. The maximum atomic E-state index is 10.00. The zero-order valence-corrected chi connectivity index (χ0v) is 8.65. The largest absolute Gasteiger partial charge is 0.240 e.